The molecule has 2 unspecified atom stereocenters. The number of benzene rings is 1. The molecular weight excluding hydrogens is 354 g/mol. The number of aliphatic hydroxyl groups is 1. The number of carbonyl (C=O) groups is 1. The van der Waals surface area contributed by atoms with E-state index in [1.165, 1.54) is 0 Å². The first-order valence-corrected chi connectivity index (χ1v) is 10.6. The molecule has 0 saturated heterocycles. The quantitative estimate of drug-likeness (QED) is 0.638. The van der Waals surface area contributed by atoms with E-state index < -0.39 is 0 Å². The molecule has 152 valence electrons. The van der Waals surface area contributed by atoms with Crippen LogP contribution in [-0.2, 0) is 13.0 Å². The van der Waals surface area contributed by atoms with Crippen LogP contribution in [0.5, 0.6) is 11.5 Å². The summed E-state index contributed by atoms with van der Waals surface area (Å²) in [4.78, 5) is 12.2. The number of hydrogen-bond donors (Lipinski definition) is 3. The Hall–Kier alpha value is -1.75. The van der Waals surface area contributed by atoms with Gasteiger partial charge in [-0.3, -0.25) is 4.79 Å². The second kappa shape index (κ2) is 5.44. The van der Waals surface area contributed by atoms with Crippen molar-refractivity contribution in [3.8, 4) is 11.5 Å². The second-order valence-corrected chi connectivity index (χ2v) is 10.4. The lowest BCUT2D eigenvalue weighted by molar-refractivity contribution is -0.233. The third-order valence-electron chi connectivity index (χ3n) is 9.01. The summed E-state index contributed by atoms with van der Waals surface area (Å²) in [6, 6.07) is 1.61. The van der Waals surface area contributed by atoms with Crippen molar-refractivity contribution < 1.29 is 19.7 Å². The summed E-state index contributed by atoms with van der Waals surface area (Å²) in [5, 5.41) is 24.4. The predicted molar refractivity (Wildman–Crippen MR) is 105 cm³/mol. The van der Waals surface area contributed by atoms with Crippen molar-refractivity contribution in [2.45, 2.75) is 78.0 Å². The lowest BCUT2D eigenvalue weighted by Gasteiger charge is -2.67. The Bertz CT molecular complexity index is 878. The number of rotatable bonds is 0. The van der Waals surface area contributed by atoms with Gasteiger partial charge in [-0.15, -0.1) is 0 Å². The largest absolute Gasteiger partial charge is 0.508 e. The van der Waals surface area contributed by atoms with E-state index in [2.05, 4.69) is 33.0 Å². The number of aliphatic hydroxyl groups excluding tert-OH is 1. The average molecular weight is 386 g/mol. The van der Waals surface area contributed by atoms with Gasteiger partial charge in [0, 0.05) is 29.0 Å². The van der Waals surface area contributed by atoms with Crippen molar-refractivity contribution in [1.29, 1.82) is 0 Å². The van der Waals surface area contributed by atoms with E-state index in [0.717, 1.165) is 49.0 Å². The number of carbonyl (C=O) groups excluding carboxylic acids is 1. The molecule has 0 radical (unpaired) electrons. The molecule has 2 aliphatic heterocycles. The van der Waals surface area contributed by atoms with Crippen LogP contribution in [0.15, 0.2) is 6.07 Å². The van der Waals surface area contributed by atoms with Gasteiger partial charge in [0.1, 0.15) is 17.1 Å². The fraction of sp³-hybridized carbons (Fsp3) is 0.696. The van der Waals surface area contributed by atoms with Crippen LogP contribution in [0, 0.1) is 22.7 Å². The first kappa shape index (κ1) is 18.3. The highest BCUT2D eigenvalue weighted by Crippen LogP contribution is 2.66. The van der Waals surface area contributed by atoms with E-state index in [-0.39, 0.29) is 40.1 Å². The Morgan fingerprint density at radius 2 is 1.93 bits per heavy atom. The third-order valence-corrected chi connectivity index (χ3v) is 9.01. The fourth-order valence-corrected chi connectivity index (χ4v) is 6.95. The van der Waals surface area contributed by atoms with Gasteiger partial charge in [0.05, 0.1) is 11.7 Å². The van der Waals surface area contributed by atoms with Gasteiger partial charge in [-0.2, -0.15) is 0 Å². The Morgan fingerprint density at radius 1 is 1.18 bits per heavy atom. The molecule has 2 heterocycles. The van der Waals surface area contributed by atoms with Gasteiger partial charge in [-0.1, -0.05) is 27.7 Å². The van der Waals surface area contributed by atoms with Gasteiger partial charge >= 0.3 is 0 Å². The second-order valence-electron chi connectivity index (χ2n) is 10.4. The molecule has 1 amide bonds. The van der Waals surface area contributed by atoms with Crippen molar-refractivity contribution >= 4 is 5.91 Å². The number of amides is 1. The summed E-state index contributed by atoms with van der Waals surface area (Å²) in [6.07, 6.45) is 4.09. The molecule has 5 nitrogen and oxygen atoms in total. The number of nitrogens with one attached hydrogen (secondary N) is 1. The number of hydrogen-bond acceptors (Lipinski definition) is 4. The standard InChI is InChI=1S/C23H31NO4/c1-12-5-6-17-21(2,3)18(26)7-8-23(17)22(12,4)10-14-16(25)9-13-15(19(14)28-23)11-24-20(13)27/h9,12,17-18,25-26H,5-8,10-11H2,1-4H3,(H,24,27)/t12-,17?,18-,22+,23?/m0/s1. The van der Waals surface area contributed by atoms with E-state index in [9.17, 15) is 15.0 Å². The maximum absolute atomic E-state index is 12.2. The summed E-state index contributed by atoms with van der Waals surface area (Å²) < 4.78 is 6.99. The summed E-state index contributed by atoms with van der Waals surface area (Å²) in [7, 11) is 0. The van der Waals surface area contributed by atoms with Crippen LogP contribution >= 0.6 is 0 Å². The Labute approximate surface area is 166 Å². The molecule has 0 bridgehead atoms. The molecule has 0 aromatic heterocycles. The Balaban J connectivity index is 1.73. The molecule has 5 heteroatoms. The molecule has 5 rings (SSSR count). The van der Waals surface area contributed by atoms with Crippen LogP contribution in [0.4, 0.5) is 0 Å². The number of phenolic OH excluding ortho intramolecular Hbond substituents is 1. The lowest BCUT2D eigenvalue weighted by atomic mass is 9.43. The Morgan fingerprint density at radius 3 is 2.68 bits per heavy atom. The van der Waals surface area contributed by atoms with Gasteiger partial charge in [-0.25, -0.2) is 0 Å². The first-order chi connectivity index (χ1) is 13.1. The molecule has 5 atom stereocenters. The molecule has 2 fully saturated rings. The smallest absolute Gasteiger partial charge is 0.252 e. The maximum Gasteiger partial charge on any atom is 0.252 e. The minimum absolute atomic E-state index is 0.123. The number of aromatic hydroxyl groups is 1. The number of phenols is 1. The van der Waals surface area contributed by atoms with E-state index >= 15 is 0 Å². The zero-order valence-corrected chi connectivity index (χ0v) is 17.3. The van der Waals surface area contributed by atoms with Gasteiger partial charge in [0.2, 0.25) is 0 Å². The molecular formula is C23H31NO4. The number of ether oxygens (including phenoxy) is 1. The minimum atomic E-state index is -0.381. The van der Waals surface area contributed by atoms with E-state index in [0.29, 0.717) is 18.0 Å². The van der Waals surface area contributed by atoms with Crippen LogP contribution in [-0.4, -0.2) is 27.8 Å². The summed E-state index contributed by atoms with van der Waals surface area (Å²) in [5.74, 6) is 1.44. The monoisotopic (exact) mass is 385 g/mol. The molecule has 1 spiro atoms. The molecule has 4 aliphatic rings. The topological polar surface area (TPSA) is 78.8 Å². The molecule has 1 aromatic rings. The summed E-state index contributed by atoms with van der Waals surface area (Å²) in [6.45, 7) is 9.43. The van der Waals surface area contributed by atoms with Crippen molar-refractivity contribution in [3.63, 3.8) is 0 Å². The highest BCUT2D eigenvalue weighted by Gasteiger charge is 2.67. The van der Waals surface area contributed by atoms with E-state index in [1.54, 1.807) is 6.07 Å². The zero-order valence-electron chi connectivity index (χ0n) is 17.3. The molecule has 28 heavy (non-hydrogen) atoms. The fourth-order valence-electron chi connectivity index (χ4n) is 6.95. The highest BCUT2D eigenvalue weighted by atomic mass is 16.5. The summed E-state index contributed by atoms with van der Waals surface area (Å²) in [5.41, 5.74) is 1.53. The normalized spacial score (nSPS) is 40.5. The predicted octanol–water partition coefficient (Wildman–Crippen LogP) is 3.54. The third kappa shape index (κ3) is 1.99. The maximum atomic E-state index is 12.2. The SMILES string of the molecule is C[C@H]1CCC2C(C)(C)[C@@H](O)CCC23Oc2c(c(O)cc4c2CNC4=O)C[C@]13C. The molecule has 2 saturated carbocycles. The van der Waals surface area contributed by atoms with Crippen LogP contribution in [0.3, 0.4) is 0 Å². The molecule has 1 aromatic carbocycles. The van der Waals surface area contributed by atoms with Gasteiger partial charge < -0.3 is 20.3 Å². The Kier molecular flexibility index (Phi) is 3.55. The minimum Gasteiger partial charge on any atom is -0.508 e. The molecule has 2 aliphatic carbocycles. The first-order valence-electron chi connectivity index (χ1n) is 10.6. The van der Waals surface area contributed by atoms with Crippen molar-refractivity contribution in [2.75, 3.05) is 0 Å². The van der Waals surface area contributed by atoms with Crippen molar-refractivity contribution in [2.24, 2.45) is 22.7 Å². The van der Waals surface area contributed by atoms with Crippen molar-refractivity contribution in [1.82, 2.24) is 5.32 Å². The van der Waals surface area contributed by atoms with E-state index in [1.807, 2.05) is 0 Å². The van der Waals surface area contributed by atoms with Crippen LogP contribution in [0.1, 0.15) is 74.9 Å². The van der Waals surface area contributed by atoms with Gasteiger partial charge in [-0.05, 0) is 49.5 Å². The molecule has 3 N–H and O–H groups in total. The summed E-state index contributed by atoms with van der Waals surface area (Å²) >= 11 is 0. The highest BCUT2D eigenvalue weighted by molar-refractivity contribution is 6.00. The van der Waals surface area contributed by atoms with Gasteiger partial charge in [0.25, 0.3) is 5.91 Å². The lowest BCUT2D eigenvalue weighted by Crippen LogP contribution is -2.70. The van der Waals surface area contributed by atoms with Crippen molar-refractivity contribution in [3.05, 3.63) is 22.8 Å². The van der Waals surface area contributed by atoms with Crippen LogP contribution in [0.25, 0.3) is 0 Å². The van der Waals surface area contributed by atoms with E-state index in [4.69, 9.17) is 4.74 Å². The average Bonchev–Trinajstić information content (AvgIpc) is 3.00. The van der Waals surface area contributed by atoms with Gasteiger partial charge in [0.15, 0.2) is 0 Å². The zero-order chi connectivity index (χ0) is 20.1. The van der Waals surface area contributed by atoms with Crippen LogP contribution < -0.4 is 10.1 Å². The van der Waals surface area contributed by atoms with Crippen LogP contribution in [0.2, 0.25) is 0 Å². The number of fused-ring (bicyclic) bond motifs is 3.